The van der Waals surface area contributed by atoms with Crippen LogP contribution in [0.2, 0.25) is 0 Å². The molecule has 0 aliphatic heterocycles. The van der Waals surface area contributed by atoms with Gasteiger partial charge in [-0.2, -0.15) is 0 Å². The Labute approximate surface area is 126 Å². The summed E-state index contributed by atoms with van der Waals surface area (Å²) in [5.74, 6) is -0.264. The molecule has 0 spiro atoms. The van der Waals surface area contributed by atoms with E-state index in [1.165, 1.54) is 22.8 Å². The van der Waals surface area contributed by atoms with Crippen LogP contribution in [0.25, 0.3) is 0 Å². The van der Waals surface area contributed by atoms with Gasteiger partial charge in [0, 0.05) is 10.0 Å². The lowest BCUT2D eigenvalue weighted by Crippen LogP contribution is -2.01. The molecule has 0 N–H and O–H groups in total. The van der Waals surface area contributed by atoms with Crippen LogP contribution in [-0.4, -0.2) is 0 Å². The first-order valence-corrected chi connectivity index (χ1v) is 7.35. The van der Waals surface area contributed by atoms with E-state index < -0.39 is 0 Å². The van der Waals surface area contributed by atoms with E-state index in [4.69, 9.17) is 11.6 Å². The number of rotatable bonds is 3. The number of alkyl halides is 1. The van der Waals surface area contributed by atoms with Gasteiger partial charge in [-0.1, -0.05) is 45.8 Å². The maximum absolute atomic E-state index is 13.9. The lowest BCUT2D eigenvalue weighted by atomic mass is 9.98. The molecule has 1 unspecified atom stereocenters. The van der Waals surface area contributed by atoms with Crippen LogP contribution >= 0.6 is 27.5 Å². The predicted molar refractivity (Wildman–Crippen MR) is 82.3 cm³/mol. The molecule has 1 atom stereocenters. The Morgan fingerprint density at radius 3 is 2.58 bits per heavy atom. The maximum Gasteiger partial charge on any atom is 0.129 e. The fourth-order valence-electron chi connectivity index (χ4n) is 2.08. The topological polar surface area (TPSA) is 0 Å². The zero-order chi connectivity index (χ0) is 14.0. The summed E-state index contributed by atoms with van der Waals surface area (Å²) < 4.78 is 14.6. The molecule has 3 heteroatoms. The van der Waals surface area contributed by atoms with Crippen molar-refractivity contribution in [2.45, 2.75) is 25.6 Å². The van der Waals surface area contributed by atoms with Crippen LogP contribution in [-0.2, 0) is 6.42 Å². The molecular weight excluding hydrogens is 327 g/mol. The Kier molecular flexibility index (Phi) is 4.64. The molecule has 0 radical (unpaired) electrons. The SMILES string of the molecule is Cc1ccc(C)c(CC(Cl)c2ccc(Br)cc2F)c1. The molecule has 0 fully saturated rings. The van der Waals surface area contributed by atoms with E-state index in [1.54, 1.807) is 6.07 Å². The minimum absolute atomic E-state index is 0.264. The van der Waals surface area contributed by atoms with Crippen molar-refractivity contribution in [3.05, 3.63) is 68.9 Å². The van der Waals surface area contributed by atoms with Gasteiger partial charge >= 0.3 is 0 Å². The summed E-state index contributed by atoms with van der Waals surface area (Å²) >= 11 is 9.62. The standard InChI is InChI=1S/C16H15BrClF/c1-10-3-4-11(2)12(7-10)8-15(18)14-6-5-13(17)9-16(14)19/h3-7,9,15H,8H2,1-2H3. The molecule has 0 aliphatic rings. The third kappa shape index (κ3) is 3.58. The van der Waals surface area contributed by atoms with E-state index in [0.717, 1.165) is 4.47 Å². The molecule has 19 heavy (non-hydrogen) atoms. The normalized spacial score (nSPS) is 12.5. The highest BCUT2D eigenvalue weighted by atomic mass is 79.9. The maximum atomic E-state index is 13.9. The summed E-state index contributed by atoms with van der Waals surface area (Å²) in [6.45, 7) is 4.10. The fraction of sp³-hybridized carbons (Fsp3) is 0.250. The van der Waals surface area contributed by atoms with Crippen molar-refractivity contribution < 1.29 is 4.39 Å². The summed E-state index contributed by atoms with van der Waals surface area (Å²) in [7, 11) is 0. The fourth-order valence-corrected chi connectivity index (χ4v) is 2.76. The molecule has 0 heterocycles. The monoisotopic (exact) mass is 340 g/mol. The molecule has 2 rings (SSSR count). The van der Waals surface area contributed by atoms with E-state index >= 15 is 0 Å². The van der Waals surface area contributed by atoms with E-state index in [9.17, 15) is 4.39 Å². The van der Waals surface area contributed by atoms with Gasteiger partial charge in [-0.15, -0.1) is 11.6 Å². The largest absolute Gasteiger partial charge is 0.207 e. The predicted octanol–water partition coefficient (Wildman–Crippen LogP) is 5.73. The average Bonchev–Trinajstić information content (AvgIpc) is 2.33. The Morgan fingerprint density at radius 2 is 1.89 bits per heavy atom. The van der Waals surface area contributed by atoms with Gasteiger partial charge in [0.2, 0.25) is 0 Å². The molecule has 0 nitrogen and oxygen atoms in total. The molecule has 2 aromatic rings. The minimum atomic E-state index is -0.353. The van der Waals surface area contributed by atoms with Crippen molar-refractivity contribution in [2.75, 3.05) is 0 Å². The van der Waals surface area contributed by atoms with Crippen LogP contribution in [0.15, 0.2) is 40.9 Å². The van der Waals surface area contributed by atoms with Gasteiger partial charge in [-0.05, 0) is 43.5 Å². The smallest absolute Gasteiger partial charge is 0.129 e. The van der Waals surface area contributed by atoms with Crippen molar-refractivity contribution in [3.63, 3.8) is 0 Å². The van der Waals surface area contributed by atoms with Crippen molar-refractivity contribution in [2.24, 2.45) is 0 Å². The lowest BCUT2D eigenvalue weighted by Gasteiger charge is -2.13. The summed E-state index contributed by atoms with van der Waals surface area (Å²) in [6, 6.07) is 11.3. The Hall–Kier alpha value is -0.860. The summed E-state index contributed by atoms with van der Waals surface area (Å²) in [5, 5.41) is -0.353. The first-order chi connectivity index (χ1) is 8.97. The summed E-state index contributed by atoms with van der Waals surface area (Å²) in [5.41, 5.74) is 4.10. The number of aryl methyl sites for hydroxylation is 2. The van der Waals surface area contributed by atoms with Crippen LogP contribution in [0.1, 0.15) is 27.6 Å². The molecule has 0 saturated carbocycles. The van der Waals surface area contributed by atoms with E-state index in [-0.39, 0.29) is 11.2 Å². The average molecular weight is 342 g/mol. The molecule has 0 aromatic heterocycles. The second-order valence-electron chi connectivity index (χ2n) is 4.77. The molecule has 0 bridgehead atoms. The Balaban J connectivity index is 2.25. The van der Waals surface area contributed by atoms with Gasteiger partial charge in [-0.3, -0.25) is 0 Å². The Bertz CT molecular complexity index is 595. The molecule has 0 aliphatic carbocycles. The highest BCUT2D eigenvalue weighted by Gasteiger charge is 2.15. The number of hydrogen-bond acceptors (Lipinski definition) is 0. The van der Waals surface area contributed by atoms with Crippen molar-refractivity contribution in [1.82, 2.24) is 0 Å². The van der Waals surface area contributed by atoms with Crippen molar-refractivity contribution >= 4 is 27.5 Å². The van der Waals surface area contributed by atoms with Gasteiger partial charge in [0.25, 0.3) is 0 Å². The number of hydrogen-bond donors (Lipinski definition) is 0. The van der Waals surface area contributed by atoms with Gasteiger partial charge in [0.1, 0.15) is 5.82 Å². The van der Waals surface area contributed by atoms with E-state index in [2.05, 4.69) is 41.1 Å². The van der Waals surface area contributed by atoms with Crippen molar-refractivity contribution in [1.29, 1.82) is 0 Å². The number of benzene rings is 2. The van der Waals surface area contributed by atoms with Crippen LogP contribution < -0.4 is 0 Å². The lowest BCUT2D eigenvalue weighted by molar-refractivity contribution is 0.605. The van der Waals surface area contributed by atoms with Gasteiger partial charge in [0.15, 0.2) is 0 Å². The molecule has 2 aromatic carbocycles. The first-order valence-electron chi connectivity index (χ1n) is 6.12. The third-order valence-electron chi connectivity index (χ3n) is 3.20. The second kappa shape index (κ2) is 6.06. The highest BCUT2D eigenvalue weighted by Crippen LogP contribution is 2.30. The zero-order valence-corrected chi connectivity index (χ0v) is 13.2. The number of halogens is 3. The summed E-state index contributed by atoms with van der Waals surface area (Å²) in [6.07, 6.45) is 0.633. The van der Waals surface area contributed by atoms with Crippen LogP contribution in [0.3, 0.4) is 0 Å². The quantitative estimate of drug-likeness (QED) is 0.626. The zero-order valence-electron chi connectivity index (χ0n) is 10.9. The van der Waals surface area contributed by atoms with Gasteiger partial charge < -0.3 is 0 Å². The molecule has 0 saturated heterocycles. The van der Waals surface area contributed by atoms with Gasteiger partial charge in [-0.25, -0.2) is 4.39 Å². The minimum Gasteiger partial charge on any atom is -0.207 e. The van der Waals surface area contributed by atoms with E-state index in [1.807, 2.05) is 13.0 Å². The molecular formula is C16H15BrClF. The van der Waals surface area contributed by atoms with Crippen molar-refractivity contribution in [3.8, 4) is 0 Å². The Morgan fingerprint density at radius 1 is 1.16 bits per heavy atom. The summed E-state index contributed by atoms with van der Waals surface area (Å²) in [4.78, 5) is 0. The van der Waals surface area contributed by atoms with Crippen LogP contribution in [0.5, 0.6) is 0 Å². The highest BCUT2D eigenvalue weighted by molar-refractivity contribution is 9.10. The molecule has 0 amide bonds. The van der Waals surface area contributed by atoms with Crippen LogP contribution in [0.4, 0.5) is 4.39 Å². The van der Waals surface area contributed by atoms with Crippen LogP contribution in [0, 0.1) is 19.7 Å². The third-order valence-corrected chi connectivity index (χ3v) is 4.09. The van der Waals surface area contributed by atoms with Gasteiger partial charge in [0.05, 0.1) is 5.38 Å². The van der Waals surface area contributed by atoms with E-state index in [0.29, 0.717) is 12.0 Å². The molecule has 100 valence electrons. The second-order valence-corrected chi connectivity index (χ2v) is 6.21. The first kappa shape index (κ1) is 14.5.